The van der Waals surface area contributed by atoms with Crippen LogP contribution >= 0.6 is 0 Å². The second-order valence-corrected chi connectivity index (χ2v) is 5.16. The van der Waals surface area contributed by atoms with E-state index in [2.05, 4.69) is 4.99 Å². The molecule has 21 heavy (non-hydrogen) atoms. The lowest BCUT2D eigenvalue weighted by molar-refractivity contribution is -0.596. The van der Waals surface area contributed by atoms with Crippen molar-refractivity contribution in [2.45, 2.75) is 26.8 Å². The fourth-order valence-electron chi connectivity index (χ4n) is 2.18. The van der Waals surface area contributed by atoms with Crippen LogP contribution in [0.4, 0.5) is 0 Å². The number of hydrogen-bond donors (Lipinski definition) is 1. The molecule has 1 aromatic heterocycles. The van der Waals surface area contributed by atoms with Gasteiger partial charge in [0, 0.05) is 30.0 Å². The number of phenolic OH excluding ortho intramolecular Hbond substituents is 1. The molecule has 0 amide bonds. The lowest BCUT2D eigenvalue weighted by atomic mass is 10.1. The quantitative estimate of drug-likeness (QED) is 0.693. The fraction of sp³-hybridized carbons (Fsp3) is 0.294. The van der Waals surface area contributed by atoms with Crippen molar-refractivity contribution >= 4 is 6.21 Å². The fourth-order valence-corrected chi connectivity index (χ4v) is 2.18. The monoisotopic (exact) mass is 285 g/mol. The first-order valence-corrected chi connectivity index (χ1v) is 6.95. The number of methoxy groups -OCH3 is 1. The van der Waals surface area contributed by atoms with E-state index in [4.69, 9.17) is 4.74 Å². The largest absolute Gasteiger partial charge is 0.504 e. The Labute approximate surface area is 125 Å². The standard InChI is InChI=1S/C17H20N2O2/c1-12(2)18-11-14-16(19-8-6-5-7-9-19)13(3)10-15(21-4)17(14)20/h5-12H,1-4H3/p+1. The van der Waals surface area contributed by atoms with E-state index >= 15 is 0 Å². The number of benzene rings is 1. The SMILES string of the molecule is COc1cc(C)c(-[n+]2ccccc2)c(C=NC(C)C)c1O. The number of ether oxygens (including phenoxy) is 1. The van der Waals surface area contributed by atoms with E-state index in [0.717, 1.165) is 11.3 Å². The molecule has 0 atom stereocenters. The number of hydrogen-bond acceptors (Lipinski definition) is 3. The number of phenols is 1. The molecule has 2 rings (SSSR count). The van der Waals surface area contributed by atoms with Crippen molar-refractivity contribution in [1.29, 1.82) is 0 Å². The van der Waals surface area contributed by atoms with Gasteiger partial charge >= 0.3 is 0 Å². The third-order valence-electron chi connectivity index (χ3n) is 3.16. The Bertz CT molecular complexity index is 650. The highest BCUT2D eigenvalue weighted by Gasteiger charge is 2.22. The number of rotatable bonds is 4. The van der Waals surface area contributed by atoms with Crippen LogP contribution in [0.2, 0.25) is 0 Å². The maximum Gasteiger partial charge on any atom is 0.226 e. The molecule has 0 saturated heterocycles. The van der Waals surface area contributed by atoms with Gasteiger partial charge < -0.3 is 9.84 Å². The van der Waals surface area contributed by atoms with E-state index in [1.54, 1.807) is 13.3 Å². The molecule has 1 aromatic carbocycles. The molecule has 2 aromatic rings. The molecule has 0 fully saturated rings. The molecule has 0 radical (unpaired) electrons. The van der Waals surface area contributed by atoms with E-state index in [1.807, 2.05) is 62.0 Å². The van der Waals surface area contributed by atoms with Gasteiger partial charge in [0.05, 0.1) is 7.11 Å². The summed E-state index contributed by atoms with van der Waals surface area (Å²) in [4.78, 5) is 4.40. The predicted octanol–water partition coefficient (Wildman–Crippen LogP) is 2.81. The summed E-state index contributed by atoms with van der Waals surface area (Å²) in [6.45, 7) is 5.98. The van der Waals surface area contributed by atoms with Crippen molar-refractivity contribution in [3.8, 4) is 17.2 Å². The van der Waals surface area contributed by atoms with Gasteiger partial charge in [-0.3, -0.25) is 4.99 Å². The summed E-state index contributed by atoms with van der Waals surface area (Å²) in [5.74, 6) is 0.567. The molecule has 0 aliphatic heterocycles. The summed E-state index contributed by atoms with van der Waals surface area (Å²) in [5, 5.41) is 10.4. The summed E-state index contributed by atoms with van der Waals surface area (Å²) in [6, 6.07) is 7.84. The lowest BCUT2D eigenvalue weighted by Gasteiger charge is -2.11. The van der Waals surface area contributed by atoms with Crippen LogP contribution in [-0.4, -0.2) is 24.5 Å². The van der Waals surface area contributed by atoms with Crippen LogP contribution in [0.5, 0.6) is 11.5 Å². The first kappa shape index (κ1) is 15.0. The van der Waals surface area contributed by atoms with Gasteiger partial charge in [0.25, 0.3) is 0 Å². The zero-order chi connectivity index (χ0) is 15.4. The Hall–Kier alpha value is -2.36. The summed E-state index contributed by atoms with van der Waals surface area (Å²) in [6.07, 6.45) is 5.60. The van der Waals surface area contributed by atoms with Crippen LogP contribution < -0.4 is 9.30 Å². The van der Waals surface area contributed by atoms with Crippen LogP contribution in [0.25, 0.3) is 5.69 Å². The summed E-state index contributed by atoms with van der Waals surface area (Å²) < 4.78 is 7.21. The minimum Gasteiger partial charge on any atom is -0.504 e. The molecule has 0 aliphatic carbocycles. The Kier molecular flexibility index (Phi) is 4.58. The zero-order valence-corrected chi connectivity index (χ0v) is 12.9. The van der Waals surface area contributed by atoms with Crippen LogP contribution in [0.1, 0.15) is 25.0 Å². The molecule has 1 N–H and O–H groups in total. The van der Waals surface area contributed by atoms with E-state index in [-0.39, 0.29) is 11.8 Å². The number of aliphatic imine (C=N–C) groups is 1. The van der Waals surface area contributed by atoms with Crippen molar-refractivity contribution in [2.24, 2.45) is 4.99 Å². The average molecular weight is 285 g/mol. The van der Waals surface area contributed by atoms with Crippen LogP contribution in [0.3, 0.4) is 0 Å². The van der Waals surface area contributed by atoms with Crippen molar-refractivity contribution < 1.29 is 14.4 Å². The summed E-state index contributed by atoms with van der Waals surface area (Å²) in [7, 11) is 1.55. The lowest BCUT2D eigenvalue weighted by Crippen LogP contribution is -2.32. The number of aromatic hydroxyl groups is 1. The number of aryl methyl sites for hydroxylation is 1. The van der Waals surface area contributed by atoms with Gasteiger partial charge in [-0.1, -0.05) is 6.07 Å². The van der Waals surface area contributed by atoms with Crippen molar-refractivity contribution in [3.05, 3.63) is 47.8 Å². The Morgan fingerprint density at radius 1 is 1.24 bits per heavy atom. The molecule has 0 unspecified atom stereocenters. The highest BCUT2D eigenvalue weighted by atomic mass is 16.5. The van der Waals surface area contributed by atoms with Crippen molar-refractivity contribution in [1.82, 2.24) is 0 Å². The Morgan fingerprint density at radius 2 is 1.90 bits per heavy atom. The summed E-state index contributed by atoms with van der Waals surface area (Å²) in [5.41, 5.74) is 2.57. The molecular formula is C17H21N2O2+. The molecule has 1 heterocycles. The Balaban J connectivity index is 2.71. The zero-order valence-electron chi connectivity index (χ0n) is 12.9. The minimum absolute atomic E-state index is 0.110. The normalized spacial score (nSPS) is 11.3. The van der Waals surface area contributed by atoms with Gasteiger partial charge in [-0.2, -0.15) is 4.57 Å². The van der Waals surface area contributed by atoms with Crippen LogP contribution in [-0.2, 0) is 0 Å². The maximum atomic E-state index is 10.4. The molecule has 4 nitrogen and oxygen atoms in total. The van der Waals surface area contributed by atoms with Crippen molar-refractivity contribution in [2.75, 3.05) is 7.11 Å². The second-order valence-electron chi connectivity index (χ2n) is 5.16. The van der Waals surface area contributed by atoms with Gasteiger partial charge in [0.15, 0.2) is 23.9 Å². The highest BCUT2D eigenvalue weighted by molar-refractivity contribution is 5.89. The predicted molar refractivity (Wildman–Crippen MR) is 83.7 cm³/mol. The Morgan fingerprint density at radius 3 is 2.48 bits per heavy atom. The van der Waals surface area contributed by atoms with Crippen LogP contribution in [0, 0.1) is 6.92 Å². The second kappa shape index (κ2) is 6.39. The minimum atomic E-state index is 0.110. The van der Waals surface area contributed by atoms with E-state index in [9.17, 15) is 5.11 Å². The number of nitrogens with zero attached hydrogens (tertiary/aromatic N) is 2. The van der Waals surface area contributed by atoms with E-state index in [0.29, 0.717) is 11.3 Å². The smallest absolute Gasteiger partial charge is 0.226 e. The van der Waals surface area contributed by atoms with Gasteiger partial charge in [-0.25, -0.2) is 0 Å². The average Bonchev–Trinajstić information content (AvgIpc) is 2.48. The molecule has 110 valence electrons. The molecule has 0 bridgehead atoms. The van der Waals surface area contributed by atoms with E-state index < -0.39 is 0 Å². The van der Waals surface area contributed by atoms with Gasteiger partial charge in [0.2, 0.25) is 5.69 Å². The first-order chi connectivity index (χ1) is 10.0. The third-order valence-corrected chi connectivity index (χ3v) is 3.16. The highest BCUT2D eigenvalue weighted by Crippen LogP contribution is 2.34. The van der Waals surface area contributed by atoms with Gasteiger partial charge in [-0.15, -0.1) is 0 Å². The topological polar surface area (TPSA) is 45.7 Å². The maximum absolute atomic E-state index is 10.4. The van der Waals surface area contributed by atoms with Crippen LogP contribution in [0.15, 0.2) is 41.7 Å². The van der Waals surface area contributed by atoms with Gasteiger partial charge in [0.1, 0.15) is 5.56 Å². The molecule has 0 spiro atoms. The molecular weight excluding hydrogens is 264 g/mol. The third kappa shape index (κ3) is 3.21. The molecule has 4 heteroatoms. The van der Waals surface area contributed by atoms with Crippen molar-refractivity contribution in [3.63, 3.8) is 0 Å². The molecule has 0 aliphatic rings. The first-order valence-electron chi connectivity index (χ1n) is 6.95. The van der Waals surface area contributed by atoms with Gasteiger partial charge in [-0.05, 0) is 26.8 Å². The number of aromatic nitrogens is 1. The molecule has 0 saturated carbocycles. The number of pyridine rings is 1. The van der Waals surface area contributed by atoms with E-state index in [1.165, 1.54) is 0 Å². The summed E-state index contributed by atoms with van der Waals surface area (Å²) >= 11 is 0.